The maximum Gasteiger partial charge on any atom is 0.436 e. The second kappa shape index (κ2) is 6.13. The Morgan fingerprint density at radius 2 is 2.19 bits per heavy atom. The fourth-order valence-corrected chi connectivity index (χ4v) is 2.33. The van der Waals surface area contributed by atoms with Gasteiger partial charge in [-0.2, -0.15) is 13.2 Å². The number of nitrogens with zero attached hydrogens (tertiary/aromatic N) is 2. The molecule has 0 saturated heterocycles. The molecule has 0 fully saturated rings. The molecule has 8 heteroatoms. The van der Waals surface area contributed by atoms with Crippen LogP contribution in [-0.4, -0.2) is 17.3 Å². The number of ether oxygens (including phenoxy) is 1. The molecule has 0 spiro atoms. The van der Waals surface area contributed by atoms with Crippen molar-refractivity contribution in [2.24, 2.45) is 4.99 Å². The van der Waals surface area contributed by atoms with E-state index in [-0.39, 0.29) is 17.1 Å². The van der Waals surface area contributed by atoms with E-state index in [1.807, 2.05) is 0 Å². The van der Waals surface area contributed by atoms with E-state index in [1.54, 1.807) is 12.3 Å². The monoisotopic (exact) mass is 316 g/mol. The number of alkyl halides is 3. The van der Waals surface area contributed by atoms with E-state index in [4.69, 9.17) is 4.74 Å². The summed E-state index contributed by atoms with van der Waals surface area (Å²) < 4.78 is 44.2. The van der Waals surface area contributed by atoms with Crippen molar-refractivity contribution in [3.8, 4) is 5.69 Å². The molecule has 21 heavy (non-hydrogen) atoms. The van der Waals surface area contributed by atoms with Gasteiger partial charge in [0, 0.05) is 17.3 Å². The van der Waals surface area contributed by atoms with Gasteiger partial charge in [-0.1, -0.05) is 6.07 Å². The lowest BCUT2D eigenvalue weighted by molar-refractivity contribution is -0.137. The molecule has 0 saturated carbocycles. The zero-order valence-electron chi connectivity index (χ0n) is 10.9. The molecular formula is C13H11F3N2O2S. The summed E-state index contributed by atoms with van der Waals surface area (Å²) in [4.78, 5) is 15.3. The third-order valence-electron chi connectivity index (χ3n) is 2.50. The number of benzene rings is 1. The van der Waals surface area contributed by atoms with E-state index < -0.39 is 17.8 Å². The largest absolute Gasteiger partial charge is 0.448 e. The number of amides is 1. The van der Waals surface area contributed by atoms with Crippen LogP contribution in [0.3, 0.4) is 0 Å². The van der Waals surface area contributed by atoms with Gasteiger partial charge in [-0.25, -0.2) is 4.79 Å². The maximum absolute atomic E-state index is 12.7. The van der Waals surface area contributed by atoms with E-state index in [0.29, 0.717) is 0 Å². The van der Waals surface area contributed by atoms with Gasteiger partial charge in [0.25, 0.3) is 0 Å². The number of hydrogen-bond acceptors (Lipinski definition) is 3. The summed E-state index contributed by atoms with van der Waals surface area (Å²) in [7, 11) is 0. The first-order valence-corrected chi connectivity index (χ1v) is 6.85. The van der Waals surface area contributed by atoms with E-state index >= 15 is 0 Å². The first-order valence-electron chi connectivity index (χ1n) is 5.97. The highest BCUT2D eigenvalue weighted by molar-refractivity contribution is 7.07. The molecule has 112 valence electrons. The number of carbonyl (C=O) groups excluding carboxylic acids is 1. The van der Waals surface area contributed by atoms with Gasteiger partial charge in [-0.15, -0.1) is 16.3 Å². The molecule has 1 aromatic carbocycles. The Bertz CT molecular complexity index is 704. The van der Waals surface area contributed by atoms with Crippen LogP contribution in [-0.2, 0) is 10.9 Å². The van der Waals surface area contributed by atoms with Gasteiger partial charge in [0.15, 0.2) is 0 Å². The van der Waals surface area contributed by atoms with Crippen LogP contribution in [0.5, 0.6) is 0 Å². The summed E-state index contributed by atoms with van der Waals surface area (Å²) >= 11 is 1.13. The summed E-state index contributed by atoms with van der Waals surface area (Å²) in [5, 5.41) is 1.62. The normalized spacial score (nSPS) is 12.5. The van der Waals surface area contributed by atoms with Crippen molar-refractivity contribution in [2.75, 3.05) is 6.61 Å². The zero-order chi connectivity index (χ0) is 15.5. The van der Waals surface area contributed by atoms with Crippen LogP contribution in [0.15, 0.2) is 40.8 Å². The summed E-state index contributed by atoms with van der Waals surface area (Å²) in [5.41, 5.74) is -0.491. The van der Waals surface area contributed by atoms with Crippen molar-refractivity contribution < 1.29 is 22.7 Å². The Kier molecular flexibility index (Phi) is 4.46. The number of thiazole rings is 1. The minimum atomic E-state index is -4.43. The topological polar surface area (TPSA) is 43.6 Å². The van der Waals surface area contributed by atoms with Crippen LogP contribution in [0.1, 0.15) is 12.5 Å². The summed E-state index contributed by atoms with van der Waals surface area (Å²) in [6, 6.07) is 4.79. The van der Waals surface area contributed by atoms with E-state index in [1.165, 1.54) is 22.9 Å². The van der Waals surface area contributed by atoms with E-state index in [2.05, 4.69) is 4.99 Å². The van der Waals surface area contributed by atoms with Gasteiger partial charge < -0.3 is 4.74 Å². The third-order valence-corrected chi connectivity index (χ3v) is 3.25. The average Bonchev–Trinajstić information content (AvgIpc) is 2.86. The van der Waals surface area contributed by atoms with Gasteiger partial charge in [0.1, 0.15) is 0 Å². The van der Waals surface area contributed by atoms with Gasteiger partial charge in [-0.05, 0) is 25.1 Å². The molecule has 2 aromatic rings. The van der Waals surface area contributed by atoms with Crippen molar-refractivity contribution in [2.45, 2.75) is 13.1 Å². The lowest BCUT2D eigenvalue weighted by Crippen LogP contribution is -2.16. The van der Waals surface area contributed by atoms with Crippen molar-refractivity contribution in [1.29, 1.82) is 0 Å². The number of carbonyl (C=O) groups is 1. The Hall–Kier alpha value is -2.09. The fraction of sp³-hybridized carbons (Fsp3) is 0.231. The molecule has 1 amide bonds. The van der Waals surface area contributed by atoms with Crippen molar-refractivity contribution >= 4 is 17.4 Å². The summed E-state index contributed by atoms with van der Waals surface area (Å²) in [6.07, 6.45) is -3.66. The second-order valence-electron chi connectivity index (χ2n) is 3.91. The predicted octanol–water partition coefficient (Wildman–Crippen LogP) is 3.61. The fourth-order valence-electron chi connectivity index (χ4n) is 1.62. The number of rotatable bonds is 2. The van der Waals surface area contributed by atoms with Crippen LogP contribution < -0.4 is 4.80 Å². The Morgan fingerprint density at radius 1 is 1.43 bits per heavy atom. The van der Waals surface area contributed by atoms with Crippen LogP contribution in [0, 0.1) is 0 Å². The molecule has 4 nitrogen and oxygen atoms in total. The molecule has 0 unspecified atom stereocenters. The van der Waals surface area contributed by atoms with Gasteiger partial charge in [-0.3, -0.25) is 4.57 Å². The Balaban J connectivity index is 2.45. The van der Waals surface area contributed by atoms with Gasteiger partial charge in [0.2, 0.25) is 4.80 Å². The molecule has 0 atom stereocenters. The van der Waals surface area contributed by atoms with Crippen LogP contribution in [0.25, 0.3) is 5.69 Å². The SMILES string of the molecule is CCOC(=O)/N=c1/sccn1-c1cccc(C(F)(F)F)c1. The first kappa shape index (κ1) is 15.3. The van der Waals surface area contributed by atoms with Gasteiger partial charge in [0.05, 0.1) is 12.2 Å². The highest BCUT2D eigenvalue weighted by Crippen LogP contribution is 2.30. The maximum atomic E-state index is 12.7. The van der Waals surface area contributed by atoms with E-state index in [0.717, 1.165) is 23.5 Å². The van der Waals surface area contributed by atoms with Crippen LogP contribution in [0.4, 0.5) is 18.0 Å². The van der Waals surface area contributed by atoms with Crippen LogP contribution >= 0.6 is 11.3 Å². The molecule has 0 bridgehead atoms. The lowest BCUT2D eigenvalue weighted by Gasteiger charge is -2.09. The number of hydrogen-bond donors (Lipinski definition) is 0. The smallest absolute Gasteiger partial charge is 0.436 e. The molecule has 0 aliphatic heterocycles. The standard InChI is InChI=1S/C13H11F3N2O2S/c1-2-20-12(19)17-11-18(6-7-21-11)10-5-3-4-9(8-10)13(14,15)16/h3-8H,2H2,1H3/b17-11+. The Morgan fingerprint density at radius 3 is 2.86 bits per heavy atom. The van der Waals surface area contributed by atoms with Crippen molar-refractivity contribution in [3.63, 3.8) is 0 Å². The first-order chi connectivity index (χ1) is 9.91. The summed E-state index contributed by atoms with van der Waals surface area (Å²) in [6.45, 7) is 1.82. The molecule has 0 aliphatic carbocycles. The summed E-state index contributed by atoms with van der Waals surface area (Å²) in [5.74, 6) is 0. The molecular weight excluding hydrogens is 305 g/mol. The average molecular weight is 316 g/mol. The zero-order valence-corrected chi connectivity index (χ0v) is 11.7. The van der Waals surface area contributed by atoms with Gasteiger partial charge >= 0.3 is 12.3 Å². The highest BCUT2D eigenvalue weighted by Gasteiger charge is 2.30. The van der Waals surface area contributed by atoms with E-state index in [9.17, 15) is 18.0 Å². The van der Waals surface area contributed by atoms with Crippen molar-refractivity contribution in [3.05, 3.63) is 46.2 Å². The molecule has 0 aliphatic rings. The minimum absolute atomic E-state index is 0.178. The Labute approximate surface area is 122 Å². The minimum Gasteiger partial charge on any atom is -0.448 e. The number of aromatic nitrogens is 1. The van der Waals surface area contributed by atoms with Crippen LogP contribution in [0.2, 0.25) is 0 Å². The third kappa shape index (κ3) is 3.72. The molecule has 0 N–H and O–H groups in total. The second-order valence-corrected chi connectivity index (χ2v) is 4.79. The molecule has 2 rings (SSSR count). The quantitative estimate of drug-likeness (QED) is 0.849. The highest BCUT2D eigenvalue weighted by atomic mass is 32.1. The lowest BCUT2D eigenvalue weighted by atomic mass is 10.2. The van der Waals surface area contributed by atoms with Crippen molar-refractivity contribution in [1.82, 2.24) is 4.57 Å². The molecule has 0 radical (unpaired) electrons. The molecule has 1 aromatic heterocycles. The predicted molar refractivity (Wildman–Crippen MR) is 71.2 cm³/mol. The molecule has 1 heterocycles. The number of halogens is 3.